The molecule has 1 aliphatic heterocycles. The van der Waals surface area contributed by atoms with Gasteiger partial charge in [0.25, 0.3) is 15.9 Å². The van der Waals surface area contributed by atoms with E-state index in [2.05, 4.69) is 0 Å². The molecule has 1 saturated heterocycles. The first-order valence-electron chi connectivity index (χ1n) is 9.03. The van der Waals surface area contributed by atoms with Gasteiger partial charge in [-0.1, -0.05) is 0 Å². The van der Waals surface area contributed by atoms with Crippen molar-refractivity contribution in [3.05, 3.63) is 54.1 Å². The molecule has 0 bridgehead atoms. The minimum Gasteiger partial charge on any atom is -0.339 e. The number of carbonyl (C=O) groups excluding carboxylic acids is 1. The van der Waals surface area contributed by atoms with E-state index >= 15 is 0 Å². The molecule has 1 aliphatic rings. The quantitative estimate of drug-likeness (QED) is 0.686. The molecule has 0 aliphatic carbocycles. The Morgan fingerprint density at radius 3 is 2.15 bits per heavy atom. The van der Waals surface area contributed by atoms with Gasteiger partial charge in [0.2, 0.25) is 0 Å². The fraction of sp³-hybridized carbons (Fsp3) is 0.350. The Morgan fingerprint density at radius 2 is 1.63 bits per heavy atom. The molecule has 2 aromatic carbocycles. The highest BCUT2D eigenvalue weighted by molar-refractivity contribution is 7.98. The van der Waals surface area contributed by atoms with Crippen molar-refractivity contribution < 1.29 is 13.2 Å². The number of thioether (sulfide) groups is 1. The molecule has 1 amide bonds. The summed E-state index contributed by atoms with van der Waals surface area (Å²) >= 11 is 1.57. The summed E-state index contributed by atoms with van der Waals surface area (Å²) in [6.07, 6.45) is 4.04. The maximum Gasteiger partial charge on any atom is 0.264 e. The van der Waals surface area contributed by atoms with Crippen LogP contribution in [0.5, 0.6) is 0 Å². The molecule has 5 nitrogen and oxygen atoms in total. The first-order valence-corrected chi connectivity index (χ1v) is 11.7. The van der Waals surface area contributed by atoms with Crippen molar-refractivity contribution in [3.8, 4) is 0 Å². The van der Waals surface area contributed by atoms with E-state index in [0.29, 0.717) is 17.8 Å². The van der Waals surface area contributed by atoms with Gasteiger partial charge in [-0.25, -0.2) is 8.42 Å². The van der Waals surface area contributed by atoms with Crippen molar-refractivity contribution in [3.63, 3.8) is 0 Å². The maximum atomic E-state index is 13.0. The molecule has 1 heterocycles. The molecule has 0 atom stereocenters. The van der Waals surface area contributed by atoms with E-state index in [1.54, 1.807) is 55.1 Å². The van der Waals surface area contributed by atoms with Gasteiger partial charge in [-0.2, -0.15) is 0 Å². The van der Waals surface area contributed by atoms with Crippen LogP contribution in [0.2, 0.25) is 0 Å². The normalized spacial score (nSPS) is 14.4. The van der Waals surface area contributed by atoms with Crippen molar-refractivity contribution in [2.24, 2.45) is 0 Å². The van der Waals surface area contributed by atoms with Crippen LogP contribution in [-0.2, 0) is 10.0 Å². The Morgan fingerprint density at radius 1 is 1.04 bits per heavy atom. The number of carbonyl (C=O) groups is 1. The van der Waals surface area contributed by atoms with E-state index in [1.807, 2.05) is 23.3 Å². The Balaban J connectivity index is 1.84. The van der Waals surface area contributed by atoms with Gasteiger partial charge in [-0.05, 0) is 74.6 Å². The maximum absolute atomic E-state index is 13.0. The summed E-state index contributed by atoms with van der Waals surface area (Å²) in [7, 11) is -3.65. The lowest BCUT2D eigenvalue weighted by Crippen LogP contribution is -2.31. The van der Waals surface area contributed by atoms with Gasteiger partial charge in [-0.3, -0.25) is 9.10 Å². The Labute approximate surface area is 165 Å². The second kappa shape index (κ2) is 8.35. The van der Waals surface area contributed by atoms with E-state index in [-0.39, 0.29) is 10.8 Å². The van der Waals surface area contributed by atoms with E-state index in [9.17, 15) is 13.2 Å². The molecule has 7 heteroatoms. The zero-order chi connectivity index (χ0) is 19.4. The van der Waals surface area contributed by atoms with Crippen LogP contribution in [0.4, 0.5) is 5.69 Å². The molecule has 3 rings (SSSR count). The lowest BCUT2D eigenvalue weighted by Gasteiger charge is -2.23. The fourth-order valence-corrected chi connectivity index (χ4v) is 5.12. The van der Waals surface area contributed by atoms with Gasteiger partial charge in [-0.15, -0.1) is 11.8 Å². The number of nitrogens with zero attached hydrogens (tertiary/aromatic N) is 2. The molecule has 2 aromatic rings. The highest BCUT2D eigenvalue weighted by Crippen LogP contribution is 2.26. The van der Waals surface area contributed by atoms with Gasteiger partial charge >= 0.3 is 0 Å². The van der Waals surface area contributed by atoms with Crippen molar-refractivity contribution >= 4 is 33.4 Å². The van der Waals surface area contributed by atoms with E-state index in [1.165, 1.54) is 4.31 Å². The molecule has 0 unspecified atom stereocenters. The minimum atomic E-state index is -3.65. The fourth-order valence-electron chi connectivity index (χ4n) is 3.24. The molecular weight excluding hydrogens is 380 g/mol. The van der Waals surface area contributed by atoms with E-state index in [4.69, 9.17) is 0 Å². The molecule has 0 saturated carbocycles. The Hall–Kier alpha value is -1.99. The first-order chi connectivity index (χ1) is 13.0. The number of hydrogen-bond donors (Lipinski definition) is 0. The zero-order valence-electron chi connectivity index (χ0n) is 15.6. The lowest BCUT2D eigenvalue weighted by atomic mass is 10.2. The van der Waals surface area contributed by atoms with Gasteiger partial charge in [0, 0.05) is 30.1 Å². The largest absolute Gasteiger partial charge is 0.339 e. The lowest BCUT2D eigenvalue weighted by molar-refractivity contribution is 0.0793. The average Bonchev–Trinajstić information content (AvgIpc) is 3.23. The molecular formula is C20H24N2O3S2. The van der Waals surface area contributed by atoms with Crippen LogP contribution in [0.25, 0.3) is 0 Å². The summed E-state index contributed by atoms with van der Waals surface area (Å²) in [5.74, 6) is 0.0117. The molecule has 0 aromatic heterocycles. The number of benzene rings is 2. The van der Waals surface area contributed by atoms with Crippen molar-refractivity contribution in [2.45, 2.75) is 29.6 Å². The highest BCUT2D eigenvalue weighted by Gasteiger charge is 2.24. The zero-order valence-corrected chi connectivity index (χ0v) is 17.2. The number of sulfonamides is 1. The Bertz CT molecular complexity index is 888. The molecule has 144 valence electrons. The van der Waals surface area contributed by atoms with Gasteiger partial charge in [0.05, 0.1) is 10.6 Å². The van der Waals surface area contributed by atoms with Crippen molar-refractivity contribution in [1.29, 1.82) is 0 Å². The van der Waals surface area contributed by atoms with Crippen LogP contribution >= 0.6 is 11.8 Å². The number of likely N-dealkylation sites (tertiary alicyclic amines) is 1. The van der Waals surface area contributed by atoms with Crippen LogP contribution in [0.3, 0.4) is 0 Å². The van der Waals surface area contributed by atoms with Crippen LogP contribution in [0, 0.1) is 0 Å². The molecule has 0 radical (unpaired) electrons. The van der Waals surface area contributed by atoms with Gasteiger partial charge < -0.3 is 4.90 Å². The van der Waals surface area contributed by atoms with E-state index < -0.39 is 10.0 Å². The molecule has 1 fully saturated rings. The molecule has 0 N–H and O–H groups in total. The first kappa shape index (κ1) is 19.8. The third-order valence-electron chi connectivity index (χ3n) is 4.73. The monoisotopic (exact) mass is 404 g/mol. The third-order valence-corrected chi connectivity index (χ3v) is 7.39. The SMILES string of the molecule is CCN(c1ccc(C(=O)N2CCCC2)cc1)S(=O)(=O)c1ccc(SC)cc1. The summed E-state index contributed by atoms with van der Waals surface area (Å²) in [4.78, 5) is 15.6. The predicted octanol–water partition coefficient (Wildman–Crippen LogP) is 3.86. The number of hydrogen-bond acceptors (Lipinski definition) is 4. The topological polar surface area (TPSA) is 57.7 Å². The number of anilines is 1. The summed E-state index contributed by atoms with van der Waals surface area (Å²) in [5.41, 5.74) is 1.16. The standard InChI is InChI=1S/C20H24N2O3S2/c1-3-22(27(24,25)19-12-10-18(26-2)11-13-19)17-8-6-16(7-9-17)20(23)21-14-4-5-15-21/h6-13H,3-5,14-15H2,1-2H3. The van der Waals surface area contributed by atoms with Gasteiger partial charge in [0.15, 0.2) is 0 Å². The Kier molecular flexibility index (Phi) is 6.11. The van der Waals surface area contributed by atoms with Gasteiger partial charge in [0.1, 0.15) is 0 Å². The summed E-state index contributed by atoms with van der Waals surface area (Å²) in [5, 5.41) is 0. The minimum absolute atomic E-state index is 0.0117. The second-order valence-electron chi connectivity index (χ2n) is 6.39. The van der Waals surface area contributed by atoms with Crippen LogP contribution in [-0.4, -0.2) is 45.1 Å². The van der Waals surface area contributed by atoms with E-state index in [0.717, 1.165) is 30.8 Å². The van der Waals surface area contributed by atoms with Crippen LogP contribution in [0.15, 0.2) is 58.3 Å². The van der Waals surface area contributed by atoms with Crippen molar-refractivity contribution in [2.75, 3.05) is 30.2 Å². The number of amides is 1. The summed E-state index contributed by atoms with van der Waals surface area (Å²) in [6, 6.07) is 13.7. The van der Waals surface area contributed by atoms with Crippen molar-refractivity contribution in [1.82, 2.24) is 4.90 Å². The predicted molar refractivity (Wildman–Crippen MR) is 110 cm³/mol. The molecule has 0 spiro atoms. The third kappa shape index (κ3) is 4.14. The van der Waals surface area contributed by atoms with Crippen LogP contribution in [0.1, 0.15) is 30.1 Å². The highest BCUT2D eigenvalue weighted by atomic mass is 32.2. The number of rotatable bonds is 6. The smallest absolute Gasteiger partial charge is 0.264 e. The summed E-state index contributed by atoms with van der Waals surface area (Å²) < 4.78 is 27.4. The molecule has 27 heavy (non-hydrogen) atoms. The second-order valence-corrected chi connectivity index (χ2v) is 9.13. The summed E-state index contributed by atoms with van der Waals surface area (Å²) in [6.45, 7) is 3.70. The van der Waals surface area contributed by atoms with Crippen LogP contribution < -0.4 is 4.31 Å². The average molecular weight is 405 g/mol.